The third-order valence-electron chi connectivity index (χ3n) is 16.1. The summed E-state index contributed by atoms with van der Waals surface area (Å²) in [6.07, 6.45) is 34.8. The zero-order chi connectivity index (χ0) is 66.0. The van der Waals surface area contributed by atoms with E-state index in [-0.39, 0.29) is 44.6 Å². The van der Waals surface area contributed by atoms with E-state index in [1.807, 2.05) is 44.2 Å². The van der Waals surface area contributed by atoms with Crippen LogP contribution in [-0.2, 0) is 14.3 Å². The van der Waals surface area contributed by atoms with Crippen LogP contribution < -0.4 is 19.3 Å². The lowest BCUT2D eigenvalue weighted by Gasteiger charge is -2.30. The lowest BCUT2D eigenvalue weighted by atomic mass is 9.75. The van der Waals surface area contributed by atoms with Gasteiger partial charge in [-0.1, -0.05) is 136 Å². The normalized spacial score (nSPS) is 17.7. The number of methoxy groups -OCH3 is 2. The van der Waals surface area contributed by atoms with Gasteiger partial charge in [0, 0.05) is 66.4 Å². The number of allylic oxidation sites excluding steroid dienone is 15. The Balaban J connectivity index is 0.000000322. The smallest absolute Gasteiger partial charge is 0.172 e. The molecule has 2 heterocycles. The second-order valence-corrected chi connectivity index (χ2v) is 25.5. The van der Waals surface area contributed by atoms with E-state index in [0.717, 1.165) is 91.9 Å². The minimum absolute atomic E-state index is 0.0546. The molecule has 0 aromatic heterocycles. The van der Waals surface area contributed by atoms with E-state index in [1.165, 1.54) is 79.5 Å². The minimum Gasteiger partial charge on any atom is -0.496 e. The maximum atomic E-state index is 10.9. The molecule has 89 heavy (non-hydrogen) atoms. The number of unbranched alkanes of at least 4 members (excludes halogenated alkanes) is 4. The van der Waals surface area contributed by atoms with E-state index in [2.05, 4.69) is 150 Å². The zero-order valence-electron chi connectivity index (χ0n) is 55.7. The fourth-order valence-corrected chi connectivity index (χ4v) is 11.2. The van der Waals surface area contributed by atoms with Gasteiger partial charge in [0.25, 0.3) is 0 Å². The summed E-state index contributed by atoms with van der Waals surface area (Å²) >= 11 is 0. The Morgan fingerprint density at radius 1 is 0.539 bits per heavy atom. The summed E-state index contributed by atoms with van der Waals surface area (Å²) in [4.78, 5) is 15.9. The Bertz CT molecular complexity index is 3440. The van der Waals surface area contributed by atoms with Crippen LogP contribution in [0.3, 0.4) is 0 Å². The number of carbonyl (C=O) groups excluding carboxylic acids is 1. The molecular weight excluding hydrogens is 1100 g/mol. The summed E-state index contributed by atoms with van der Waals surface area (Å²) in [5.41, 5.74) is 9.68. The van der Waals surface area contributed by atoms with Gasteiger partial charge in [0.1, 0.15) is 71.0 Å². The van der Waals surface area contributed by atoms with Gasteiger partial charge in [-0.05, 0) is 155 Å². The molecule has 2 aromatic carbocycles. The van der Waals surface area contributed by atoms with Crippen LogP contribution in [0.4, 0.5) is 11.4 Å². The summed E-state index contributed by atoms with van der Waals surface area (Å²) in [6.45, 7) is 31.3. The first kappa shape index (κ1) is 72.5. The quantitative estimate of drug-likeness (QED) is 0.0578. The minimum atomic E-state index is -0.832. The molecule has 0 unspecified atom stereocenters. The first-order chi connectivity index (χ1) is 42.4. The molecule has 0 spiro atoms. The van der Waals surface area contributed by atoms with Crippen molar-refractivity contribution in [3.8, 4) is 47.9 Å². The fourth-order valence-electron chi connectivity index (χ4n) is 11.2. The predicted molar refractivity (Wildman–Crippen MR) is 359 cm³/mol. The molecule has 2 aliphatic carbocycles. The Morgan fingerprint density at radius 3 is 1.30 bits per heavy atom. The molecule has 468 valence electrons. The molecule has 0 bridgehead atoms. The van der Waals surface area contributed by atoms with E-state index in [0.29, 0.717) is 5.57 Å². The van der Waals surface area contributed by atoms with Gasteiger partial charge in [0.05, 0.1) is 19.8 Å². The van der Waals surface area contributed by atoms with Crippen LogP contribution in [0.5, 0.6) is 11.5 Å². The maximum absolute atomic E-state index is 10.9. The van der Waals surface area contributed by atoms with Crippen LogP contribution in [-0.4, -0.2) is 57.9 Å². The molecule has 13 nitrogen and oxygen atoms in total. The lowest BCUT2D eigenvalue weighted by Crippen LogP contribution is -2.25. The van der Waals surface area contributed by atoms with Gasteiger partial charge >= 0.3 is 0 Å². The molecule has 0 radical (unpaired) electrons. The highest BCUT2D eigenvalue weighted by Crippen LogP contribution is 2.43. The average Bonchev–Trinajstić information content (AvgIpc) is 1.77. The third-order valence-corrected chi connectivity index (χ3v) is 16.1. The van der Waals surface area contributed by atoms with Crippen molar-refractivity contribution in [3.05, 3.63) is 163 Å². The molecule has 0 fully saturated rings. The first-order valence-electron chi connectivity index (χ1n) is 31.3. The molecule has 2 aromatic rings. The number of carbonyl (C=O) groups is 1. The van der Waals surface area contributed by atoms with Gasteiger partial charge in [0.15, 0.2) is 22.7 Å². The number of nitriles is 6. The van der Waals surface area contributed by atoms with Crippen LogP contribution in [0.1, 0.15) is 178 Å². The van der Waals surface area contributed by atoms with Crippen LogP contribution in [0.15, 0.2) is 152 Å². The Hall–Kier alpha value is -9.01. The highest BCUT2D eigenvalue weighted by atomic mass is 16.5. The first-order valence-corrected chi connectivity index (χ1v) is 31.3. The molecule has 0 N–H and O–H groups in total. The summed E-state index contributed by atoms with van der Waals surface area (Å²) in [7, 11) is 3.48. The number of anilines is 2. The fraction of sp³-hybridized carbons (Fsp3) is 0.461. The van der Waals surface area contributed by atoms with Crippen molar-refractivity contribution < 1.29 is 23.7 Å². The van der Waals surface area contributed by atoms with Crippen molar-refractivity contribution in [3.63, 3.8) is 0 Å². The Kier molecular flexibility index (Phi) is 28.1. The van der Waals surface area contributed by atoms with E-state index in [4.69, 9.17) is 34.7 Å². The molecule has 6 rings (SSSR count). The van der Waals surface area contributed by atoms with Gasteiger partial charge in [-0.25, -0.2) is 0 Å². The van der Waals surface area contributed by atoms with Gasteiger partial charge in [-0.15, -0.1) is 0 Å². The molecule has 0 amide bonds. The number of hydrogen-bond acceptors (Lipinski definition) is 13. The number of hydrogen-bond donors (Lipinski definition) is 0. The van der Waals surface area contributed by atoms with Crippen LogP contribution in [0, 0.1) is 78.8 Å². The Labute approximate surface area is 533 Å². The largest absolute Gasteiger partial charge is 0.496 e. The van der Waals surface area contributed by atoms with E-state index >= 15 is 0 Å². The van der Waals surface area contributed by atoms with Crippen molar-refractivity contribution >= 4 is 29.8 Å². The van der Waals surface area contributed by atoms with Gasteiger partial charge in [-0.2, -0.15) is 31.6 Å². The number of ether oxygens (including phenoxy) is 4. The van der Waals surface area contributed by atoms with Crippen molar-refractivity contribution in [1.29, 1.82) is 31.6 Å². The van der Waals surface area contributed by atoms with Crippen molar-refractivity contribution in [2.24, 2.45) is 10.8 Å². The summed E-state index contributed by atoms with van der Waals surface area (Å²) in [5.74, 6) is 1.93. The second-order valence-electron chi connectivity index (χ2n) is 25.5. The topological polar surface area (TPSA) is 203 Å². The molecule has 13 heteroatoms. The Morgan fingerprint density at radius 2 is 0.933 bits per heavy atom. The van der Waals surface area contributed by atoms with E-state index < -0.39 is 11.2 Å². The van der Waals surface area contributed by atoms with E-state index in [9.17, 15) is 20.6 Å². The van der Waals surface area contributed by atoms with Gasteiger partial charge in [0.2, 0.25) is 0 Å². The molecular formula is C76H94N8O5. The van der Waals surface area contributed by atoms with Crippen LogP contribution in [0.2, 0.25) is 0 Å². The van der Waals surface area contributed by atoms with Crippen molar-refractivity contribution in [1.82, 2.24) is 0 Å². The molecule has 0 saturated heterocycles. The summed E-state index contributed by atoms with van der Waals surface area (Å²) in [5, 5.41) is 54.8. The summed E-state index contributed by atoms with van der Waals surface area (Å²) in [6, 6.07) is 24.3. The molecule has 0 atom stereocenters. The second kappa shape index (κ2) is 34.5. The van der Waals surface area contributed by atoms with Crippen LogP contribution >= 0.6 is 0 Å². The van der Waals surface area contributed by atoms with Crippen LogP contribution in [0.25, 0.3) is 12.2 Å². The maximum Gasteiger partial charge on any atom is 0.172 e. The number of benzene rings is 2. The SMILES string of the molecule is CC1=C(C#N)C(=C(C#N)C#N)OC1(C)C.CCCCN(CCCC)c1ccc(/C=C/C2=CC(=C/C=C/C3=C(C#N)C(=C(C#N)C#N)OC3(C)C)/CC(C)(C)C2)c(OC)c1.CCCCN(CCCC)c1ccc(/C=C/C2=CC(=C/C=O)/CC(C)(C)C2)c(OC)c1. The van der Waals surface area contributed by atoms with Crippen molar-refractivity contribution in [2.45, 2.75) is 178 Å². The third kappa shape index (κ3) is 20.8. The number of rotatable bonds is 23. The monoisotopic (exact) mass is 1200 g/mol. The molecule has 0 saturated carbocycles. The number of nitrogens with zero attached hydrogens (tertiary/aromatic N) is 8. The van der Waals surface area contributed by atoms with Gasteiger partial charge < -0.3 is 28.7 Å². The average molecular weight is 1200 g/mol. The standard InChI is InChI=1S/C38H46N4O2.C27H39NO2.C11H9N3O/c1-8-10-19-42(20-11-9-2)32-18-17-30(35(22-32)43-7)16-15-29-21-28(23-37(3,4)24-29)13-12-14-34-33(27-41)36(31(25-39)26-40)44-38(34,5)6;1-6-8-15-28(16-9-7-2)25-13-12-24(26(19-25)30-5)11-10-22-18-23(14-17-29)21-27(3,4)20-22;1-7-9(6-14)10(8(4-12)5-13)15-11(7,2)3/h12-18,21-22H,8-11,19-20,23-24H2,1-7H3;10-14,17-19H,6-9,15-16,20-21H2,1-5H3;1-3H3/b14-12+,16-15+,28-13-;11-10+,23-14-;. The number of aldehydes is 1. The van der Waals surface area contributed by atoms with Gasteiger partial charge in [-0.3, -0.25) is 4.79 Å². The highest BCUT2D eigenvalue weighted by Gasteiger charge is 2.39. The highest BCUT2D eigenvalue weighted by molar-refractivity contribution is 5.70. The predicted octanol–water partition coefficient (Wildman–Crippen LogP) is 18.2. The van der Waals surface area contributed by atoms with Crippen molar-refractivity contribution in [2.75, 3.05) is 50.2 Å². The molecule has 2 aliphatic heterocycles. The van der Waals surface area contributed by atoms with E-state index in [1.54, 1.807) is 53.2 Å². The lowest BCUT2D eigenvalue weighted by molar-refractivity contribution is -0.104. The zero-order valence-corrected chi connectivity index (χ0v) is 55.7. The molecule has 4 aliphatic rings. The summed E-state index contributed by atoms with van der Waals surface area (Å²) < 4.78 is 22.9.